The van der Waals surface area contributed by atoms with Crippen molar-refractivity contribution in [3.63, 3.8) is 0 Å². The molecule has 0 spiro atoms. The highest BCUT2D eigenvalue weighted by atomic mass is 79.9. The summed E-state index contributed by atoms with van der Waals surface area (Å²) in [6, 6.07) is 1.87. The van der Waals surface area contributed by atoms with Crippen molar-refractivity contribution in [2.75, 3.05) is 12.4 Å². The number of ether oxygens (including phenoxy) is 1. The second kappa shape index (κ2) is 7.24. The number of halogens is 1. The summed E-state index contributed by atoms with van der Waals surface area (Å²) in [5.41, 5.74) is 1.47. The topological polar surface area (TPSA) is 77.2 Å². The Morgan fingerprint density at radius 2 is 2.33 bits per heavy atom. The first-order valence-corrected chi connectivity index (χ1v) is 8.23. The fourth-order valence-corrected chi connectivity index (χ4v) is 2.85. The molecule has 0 saturated carbocycles. The van der Waals surface area contributed by atoms with Crippen LogP contribution in [-0.2, 0) is 16.1 Å². The summed E-state index contributed by atoms with van der Waals surface area (Å²) in [5.74, 6) is -0.901. The molecule has 21 heavy (non-hydrogen) atoms. The summed E-state index contributed by atoms with van der Waals surface area (Å²) in [6.45, 7) is 5.07. The van der Waals surface area contributed by atoms with Gasteiger partial charge in [0.15, 0.2) is 10.8 Å². The molecule has 0 fully saturated rings. The van der Waals surface area contributed by atoms with Gasteiger partial charge in [-0.2, -0.15) is 0 Å². The van der Waals surface area contributed by atoms with Crippen LogP contribution in [-0.4, -0.2) is 44.1 Å². The Labute approximate surface area is 135 Å². The SMILES string of the molecule is CC(C)OCCn1c(SCC(=O)O)nc2cc(Br)cnc21. The van der Waals surface area contributed by atoms with Crippen molar-refractivity contribution < 1.29 is 14.6 Å². The number of pyridine rings is 1. The van der Waals surface area contributed by atoms with Crippen molar-refractivity contribution in [1.82, 2.24) is 14.5 Å². The van der Waals surface area contributed by atoms with Crippen LogP contribution in [0.4, 0.5) is 0 Å². The molecule has 0 radical (unpaired) electrons. The number of carbonyl (C=O) groups is 1. The maximum atomic E-state index is 10.8. The van der Waals surface area contributed by atoms with E-state index in [0.717, 1.165) is 15.6 Å². The standard InChI is InChI=1S/C13H16BrN3O3S/c1-8(2)20-4-3-17-12-10(5-9(14)6-15-12)16-13(17)21-7-11(18)19/h5-6,8H,3-4,7H2,1-2H3,(H,18,19). The van der Waals surface area contributed by atoms with E-state index in [4.69, 9.17) is 9.84 Å². The van der Waals surface area contributed by atoms with Crippen LogP contribution < -0.4 is 0 Å². The number of thioether (sulfide) groups is 1. The van der Waals surface area contributed by atoms with Gasteiger partial charge in [0, 0.05) is 10.7 Å². The first-order valence-electron chi connectivity index (χ1n) is 6.45. The second-order valence-corrected chi connectivity index (χ2v) is 6.50. The molecule has 2 heterocycles. The third-order valence-electron chi connectivity index (χ3n) is 2.61. The summed E-state index contributed by atoms with van der Waals surface area (Å²) in [6.07, 6.45) is 1.85. The van der Waals surface area contributed by atoms with Gasteiger partial charge < -0.3 is 14.4 Å². The number of rotatable bonds is 7. The van der Waals surface area contributed by atoms with Crippen molar-refractivity contribution in [1.29, 1.82) is 0 Å². The van der Waals surface area contributed by atoms with E-state index in [9.17, 15) is 4.79 Å². The fourth-order valence-electron chi connectivity index (χ4n) is 1.78. The fraction of sp³-hybridized carbons (Fsp3) is 0.462. The lowest BCUT2D eigenvalue weighted by Gasteiger charge is -2.10. The van der Waals surface area contributed by atoms with Crippen LogP contribution in [0.1, 0.15) is 13.8 Å². The average Bonchev–Trinajstić information content (AvgIpc) is 2.73. The Hall–Kier alpha value is -1.12. The van der Waals surface area contributed by atoms with Crippen molar-refractivity contribution in [2.24, 2.45) is 0 Å². The lowest BCUT2D eigenvalue weighted by Crippen LogP contribution is -2.12. The van der Waals surface area contributed by atoms with E-state index in [1.165, 1.54) is 11.8 Å². The molecule has 0 amide bonds. The zero-order valence-electron chi connectivity index (χ0n) is 11.7. The summed E-state index contributed by atoms with van der Waals surface area (Å²) < 4.78 is 8.30. The molecule has 0 aliphatic rings. The minimum absolute atomic E-state index is 0.0322. The normalized spacial score (nSPS) is 11.4. The smallest absolute Gasteiger partial charge is 0.313 e. The number of imidazole rings is 1. The summed E-state index contributed by atoms with van der Waals surface area (Å²) in [5, 5.41) is 9.47. The molecule has 0 aromatic carbocycles. The zero-order chi connectivity index (χ0) is 15.4. The van der Waals surface area contributed by atoms with Gasteiger partial charge in [-0.05, 0) is 35.8 Å². The van der Waals surface area contributed by atoms with E-state index in [2.05, 4.69) is 25.9 Å². The van der Waals surface area contributed by atoms with Crippen LogP contribution in [0.5, 0.6) is 0 Å². The Balaban J connectivity index is 2.27. The van der Waals surface area contributed by atoms with Crippen LogP contribution in [0.2, 0.25) is 0 Å². The Morgan fingerprint density at radius 3 is 3.00 bits per heavy atom. The van der Waals surface area contributed by atoms with Gasteiger partial charge in [0.25, 0.3) is 0 Å². The average molecular weight is 374 g/mol. The highest BCUT2D eigenvalue weighted by Gasteiger charge is 2.14. The predicted octanol–water partition coefficient (Wildman–Crippen LogP) is 2.80. The first-order chi connectivity index (χ1) is 9.97. The van der Waals surface area contributed by atoms with Crippen LogP contribution in [0.3, 0.4) is 0 Å². The van der Waals surface area contributed by atoms with Gasteiger partial charge in [-0.1, -0.05) is 11.8 Å². The molecule has 0 aliphatic carbocycles. The van der Waals surface area contributed by atoms with Gasteiger partial charge >= 0.3 is 5.97 Å². The third kappa shape index (κ3) is 4.42. The van der Waals surface area contributed by atoms with Gasteiger partial charge in [-0.15, -0.1) is 0 Å². The van der Waals surface area contributed by atoms with Gasteiger partial charge in [-0.3, -0.25) is 4.79 Å². The number of fused-ring (bicyclic) bond motifs is 1. The van der Waals surface area contributed by atoms with Gasteiger partial charge in [-0.25, -0.2) is 9.97 Å². The molecule has 1 N–H and O–H groups in total. The number of nitrogens with zero attached hydrogens (tertiary/aromatic N) is 3. The number of aromatic nitrogens is 3. The maximum absolute atomic E-state index is 10.8. The highest BCUT2D eigenvalue weighted by molar-refractivity contribution is 9.10. The zero-order valence-corrected chi connectivity index (χ0v) is 14.1. The van der Waals surface area contributed by atoms with Gasteiger partial charge in [0.2, 0.25) is 0 Å². The van der Waals surface area contributed by atoms with Gasteiger partial charge in [0.05, 0.1) is 25.0 Å². The molecular weight excluding hydrogens is 358 g/mol. The van der Waals surface area contributed by atoms with E-state index in [1.807, 2.05) is 24.5 Å². The second-order valence-electron chi connectivity index (χ2n) is 4.64. The molecule has 8 heteroatoms. The molecule has 0 unspecified atom stereocenters. The number of carboxylic acid groups (broad SMARTS) is 1. The van der Waals surface area contributed by atoms with E-state index in [1.54, 1.807) is 6.20 Å². The Kier molecular flexibility index (Phi) is 5.60. The molecule has 0 aliphatic heterocycles. The third-order valence-corrected chi connectivity index (χ3v) is 4.00. The highest BCUT2D eigenvalue weighted by Crippen LogP contribution is 2.24. The van der Waals surface area contributed by atoms with E-state index < -0.39 is 5.97 Å². The predicted molar refractivity (Wildman–Crippen MR) is 84.7 cm³/mol. The molecule has 2 rings (SSSR count). The Bertz CT molecular complexity index is 645. The minimum atomic E-state index is -0.869. The lowest BCUT2D eigenvalue weighted by molar-refractivity contribution is -0.133. The van der Waals surface area contributed by atoms with Crippen molar-refractivity contribution in [3.05, 3.63) is 16.7 Å². The summed E-state index contributed by atoms with van der Waals surface area (Å²) >= 11 is 4.55. The number of aliphatic carboxylic acids is 1. The molecular formula is C13H16BrN3O3S. The molecule has 6 nitrogen and oxygen atoms in total. The van der Waals surface area contributed by atoms with Crippen molar-refractivity contribution in [2.45, 2.75) is 31.7 Å². The molecule has 0 atom stereocenters. The maximum Gasteiger partial charge on any atom is 0.313 e. The first kappa shape index (κ1) is 16.3. The van der Waals surface area contributed by atoms with Gasteiger partial charge in [0.1, 0.15) is 5.52 Å². The van der Waals surface area contributed by atoms with Crippen LogP contribution in [0, 0.1) is 0 Å². The molecule has 2 aromatic heterocycles. The number of hydrogen-bond donors (Lipinski definition) is 1. The summed E-state index contributed by atoms with van der Waals surface area (Å²) in [4.78, 5) is 19.6. The van der Waals surface area contributed by atoms with E-state index >= 15 is 0 Å². The quantitative estimate of drug-likeness (QED) is 0.751. The number of hydrogen-bond acceptors (Lipinski definition) is 5. The number of carboxylic acids is 1. The van der Waals surface area contributed by atoms with Crippen molar-refractivity contribution >= 4 is 44.8 Å². The summed E-state index contributed by atoms with van der Waals surface area (Å²) in [7, 11) is 0. The van der Waals surface area contributed by atoms with Crippen LogP contribution in [0.25, 0.3) is 11.2 Å². The molecule has 114 valence electrons. The lowest BCUT2D eigenvalue weighted by atomic mass is 10.4. The largest absolute Gasteiger partial charge is 0.481 e. The molecule has 0 saturated heterocycles. The van der Waals surface area contributed by atoms with Crippen LogP contribution >= 0.6 is 27.7 Å². The monoisotopic (exact) mass is 373 g/mol. The van der Waals surface area contributed by atoms with Crippen molar-refractivity contribution in [3.8, 4) is 0 Å². The molecule has 2 aromatic rings. The molecule has 0 bridgehead atoms. The Morgan fingerprint density at radius 1 is 1.57 bits per heavy atom. The minimum Gasteiger partial charge on any atom is -0.481 e. The van der Waals surface area contributed by atoms with E-state index in [-0.39, 0.29) is 11.9 Å². The van der Waals surface area contributed by atoms with E-state index in [0.29, 0.717) is 18.3 Å². The van der Waals surface area contributed by atoms with Crippen LogP contribution in [0.15, 0.2) is 21.9 Å².